The number of ether oxygens (including phenoxy) is 1. The minimum atomic E-state index is -0.373. The zero-order chi connectivity index (χ0) is 13.3. The van der Waals surface area contributed by atoms with Gasteiger partial charge in [0.05, 0.1) is 0 Å². The summed E-state index contributed by atoms with van der Waals surface area (Å²) in [4.78, 5) is 11.8. The number of rotatable bonds is 4. The Kier molecular flexibility index (Phi) is 3.19. The smallest absolute Gasteiger partial charge is 0.407 e. The SMILES string of the molecule is O=C(NC12CC(CC1CO)C2)OCc1ccccc1. The Labute approximate surface area is 112 Å². The number of aliphatic hydroxyl groups excluding tert-OH is 1. The number of hydrogen-bond acceptors (Lipinski definition) is 3. The van der Waals surface area contributed by atoms with Crippen LogP contribution in [0.15, 0.2) is 30.3 Å². The molecule has 1 aromatic rings. The molecule has 1 aromatic carbocycles. The van der Waals surface area contributed by atoms with Crippen LogP contribution in [0.25, 0.3) is 0 Å². The lowest BCUT2D eigenvalue weighted by molar-refractivity contribution is 0.0850. The van der Waals surface area contributed by atoms with Crippen LogP contribution in [0, 0.1) is 11.8 Å². The second-order valence-electron chi connectivity index (χ2n) is 5.73. The Morgan fingerprint density at radius 1 is 1.37 bits per heavy atom. The zero-order valence-corrected chi connectivity index (χ0v) is 10.8. The van der Waals surface area contributed by atoms with Crippen LogP contribution in [-0.2, 0) is 11.3 Å². The first kappa shape index (κ1) is 12.5. The third kappa shape index (κ3) is 2.32. The summed E-state index contributed by atoms with van der Waals surface area (Å²) < 4.78 is 5.24. The minimum Gasteiger partial charge on any atom is -0.445 e. The highest BCUT2D eigenvalue weighted by Crippen LogP contribution is 2.55. The number of alkyl carbamates (subject to hydrolysis) is 1. The molecule has 3 fully saturated rings. The zero-order valence-electron chi connectivity index (χ0n) is 10.8. The number of hydrogen-bond donors (Lipinski definition) is 2. The fraction of sp³-hybridized carbons (Fsp3) is 0.533. The van der Waals surface area contributed by atoms with Crippen molar-refractivity contribution in [3.63, 3.8) is 0 Å². The predicted octanol–water partition coefficient (Wildman–Crippen LogP) is 2.07. The van der Waals surface area contributed by atoms with Crippen LogP contribution in [0.1, 0.15) is 24.8 Å². The van der Waals surface area contributed by atoms with Gasteiger partial charge in [-0.3, -0.25) is 0 Å². The van der Waals surface area contributed by atoms with Gasteiger partial charge in [0.25, 0.3) is 0 Å². The first-order valence-corrected chi connectivity index (χ1v) is 6.81. The summed E-state index contributed by atoms with van der Waals surface area (Å²) in [6, 6.07) is 9.63. The largest absolute Gasteiger partial charge is 0.445 e. The maximum atomic E-state index is 11.8. The average molecular weight is 261 g/mol. The second kappa shape index (κ2) is 4.85. The number of benzene rings is 1. The minimum absolute atomic E-state index is 0.148. The van der Waals surface area contributed by atoms with E-state index in [0.717, 1.165) is 24.8 Å². The molecular formula is C15H19NO3. The number of nitrogens with one attached hydrogen (secondary N) is 1. The third-order valence-corrected chi connectivity index (χ3v) is 4.49. The van der Waals surface area contributed by atoms with Crippen LogP contribution < -0.4 is 5.32 Å². The second-order valence-corrected chi connectivity index (χ2v) is 5.73. The number of carbonyl (C=O) groups is 1. The molecular weight excluding hydrogens is 242 g/mol. The van der Waals surface area contributed by atoms with E-state index in [-0.39, 0.29) is 30.8 Å². The van der Waals surface area contributed by atoms with Crippen molar-refractivity contribution in [2.24, 2.45) is 11.8 Å². The van der Waals surface area contributed by atoms with E-state index in [0.29, 0.717) is 5.92 Å². The molecule has 0 aromatic heterocycles. The first-order valence-electron chi connectivity index (χ1n) is 6.81. The summed E-state index contributed by atoms with van der Waals surface area (Å²) in [5.41, 5.74) is 0.777. The van der Waals surface area contributed by atoms with E-state index in [1.165, 1.54) is 0 Å². The van der Waals surface area contributed by atoms with E-state index >= 15 is 0 Å². The van der Waals surface area contributed by atoms with Crippen LogP contribution in [-0.4, -0.2) is 23.3 Å². The molecule has 0 aliphatic heterocycles. The van der Waals surface area contributed by atoms with Crippen LogP contribution in [0.5, 0.6) is 0 Å². The maximum absolute atomic E-state index is 11.8. The summed E-state index contributed by atoms with van der Waals surface area (Å²) in [5, 5.41) is 12.3. The molecule has 3 aliphatic carbocycles. The Balaban J connectivity index is 1.52. The van der Waals surface area contributed by atoms with Gasteiger partial charge in [-0.25, -0.2) is 4.79 Å². The van der Waals surface area contributed by atoms with Crippen LogP contribution in [0.3, 0.4) is 0 Å². The molecule has 1 atom stereocenters. The fourth-order valence-corrected chi connectivity index (χ4v) is 3.51. The van der Waals surface area contributed by atoms with Crippen molar-refractivity contribution in [2.45, 2.75) is 31.4 Å². The van der Waals surface area contributed by atoms with Gasteiger partial charge in [-0.15, -0.1) is 0 Å². The first-order chi connectivity index (χ1) is 9.22. The quantitative estimate of drug-likeness (QED) is 0.872. The summed E-state index contributed by atoms with van der Waals surface area (Å²) in [6.45, 7) is 0.436. The molecule has 0 heterocycles. The van der Waals surface area contributed by atoms with E-state index in [4.69, 9.17) is 4.74 Å². The van der Waals surface area contributed by atoms with Crippen LogP contribution >= 0.6 is 0 Å². The summed E-state index contributed by atoms with van der Waals surface area (Å²) in [6.07, 6.45) is 2.62. The van der Waals surface area contributed by atoms with Crippen molar-refractivity contribution in [1.29, 1.82) is 0 Å². The summed E-state index contributed by atoms with van der Waals surface area (Å²) in [5.74, 6) is 0.869. The molecule has 4 rings (SSSR count). The predicted molar refractivity (Wildman–Crippen MR) is 70.4 cm³/mol. The Hall–Kier alpha value is -1.55. The molecule has 1 amide bonds. The van der Waals surface area contributed by atoms with Gasteiger partial charge in [-0.05, 0) is 30.7 Å². The van der Waals surface area contributed by atoms with Crippen molar-refractivity contribution in [3.05, 3.63) is 35.9 Å². The molecule has 3 saturated carbocycles. The van der Waals surface area contributed by atoms with Gasteiger partial charge in [0.2, 0.25) is 0 Å². The van der Waals surface area contributed by atoms with Crippen LogP contribution in [0.2, 0.25) is 0 Å². The molecule has 102 valence electrons. The standard InChI is InChI=1S/C15H19NO3/c17-9-13-6-12-7-15(13,8-12)16-14(18)19-10-11-4-2-1-3-5-11/h1-5,12-13,17H,6-10H2,(H,16,18). The average Bonchev–Trinajstić information content (AvgIpc) is 2.91. The maximum Gasteiger partial charge on any atom is 0.407 e. The van der Waals surface area contributed by atoms with Gasteiger partial charge >= 0.3 is 6.09 Å². The van der Waals surface area contributed by atoms with Gasteiger partial charge in [0.1, 0.15) is 6.61 Å². The molecule has 4 nitrogen and oxygen atoms in total. The topological polar surface area (TPSA) is 58.6 Å². The van der Waals surface area contributed by atoms with Crippen molar-refractivity contribution in [3.8, 4) is 0 Å². The number of aliphatic hydroxyl groups is 1. The molecule has 0 saturated heterocycles. The molecule has 2 N–H and O–H groups in total. The lowest BCUT2D eigenvalue weighted by Gasteiger charge is -2.41. The molecule has 19 heavy (non-hydrogen) atoms. The van der Waals surface area contributed by atoms with Gasteiger partial charge in [-0.1, -0.05) is 30.3 Å². The Morgan fingerprint density at radius 2 is 2.11 bits per heavy atom. The Morgan fingerprint density at radius 3 is 2.79 bits per heavy atom. The van der Waals surface area contributed by atoms with E-state index in [2.05, 4.69) is 5.32 Å². The summed E-state index contributed by atoms with van der Waals surface area (Å²) >= 11 is 0. The van der Waals surface area contributed by atoms with E-state index in [1.807, 2.05) is 30.3 Å². The van der Waals surface area contributed by atoms with Crippen molar-refractivity contribution in [2.75, 3.05) is 6.61 Å². The van der Waals surface area contributed by atoms with E-state index < -0.39 is 0 Å². The lowest BCUT2D eigenvalue weighted by Crippen LogP contribution is -2.56. The molecule has 0 radical (unpaired) electrons. The van der Waals surface area contributed by atoms with Crippen molar-refractivity contribution >= 4 is 6.09 Å². The highest BCUT2D eigenvalue weighted by molar-refractivity contribution is 5.69. The van der Waals surface area contributed by atoms with Gasteiger partial charge in [-0.2, -0.15) is 0 Å². The molecule has 0 spiro atoms. The molecule has 3 aliphatic rings. The number of carbonyl (C=O) groups excluding carboxylic acids is 1. The normalized spacial score (nSPS) is 31.6. The number of fused-ring (bicyclic) bond motifs is 1. The highest BCUT2D eigenvalue weighted by Gasteiger charge is 2.57. The van der Waals surface area contributed by atoms with Crippen molar-refractivity contribution < 1.29 is 14.6 Å². The van der Waals surface area contributed by atoms with Gasteiger partial charge < -0.3 is 15.2 Å². The van der Waals surface area contributed by atoms with Gasteiger partial charge in [0, 0.05) is 18.1 Å². The van der Waals surface area contributed by atoms with E-state index in [1.54, 1.807) is 0 Å². The monoisotopic (exact) mass is 261 g/mol. The third-order valence-electron chi connectivity index (χ3n) is 4.49. The van der Waals surface area contributed by atoms with Crippen molar-refractivity contribution in [1.82, 2.24) is 5.32 Å². The van der Waals surface area contributed by atoms with Gasteiger partial charge in [0.15, 0.2) is 0 Å². The highest BCUT2D eigenvalue weighted by atomic mass is 16.5. The number of amides is 1. The Bertz CT molecular complexity index is 454. The molecule has 2 bridgehead atoms. The van der Waals surface area contributed by atoms with Crippen LogP contribution in [0.4, 0.5) is 4.79 Å². The van der Waals surface area contributed by atoms with E-state index in [9.17, 15) is 9.90 Å². The summed E-state index contributed by atoms with van der Waals surface area (Å²) in [7, 11) is 0. The molecule has 4 heteroatoms. The fourth-order valence-electron chi connectivity index (χ4n) is 3.51. The molecule has 1 unspecified atom stereocenters. The lowest BCUT2D eigenvalue weighted by atomic mass is 9.74.